The molecular formula is C11H20N4O4S. The van der Waals surface area contributed by atoms with Crippen LogP contribution in [0.25, 0.3) is 0 Å². The number of nitrogens with zero attached hydrogens (tertiary/aromatic N) is 3. The molecule has 0 aliphatic rings. The van der Waals surface area contributed by atoms with Gasteiger partial charge in [0.25, 0.3) is 0 Å². The largest absolute Gasteiger partial charge is 0.410 e. The second-order valence-electron chi connectivity index (χ2n) is 4.65. The van der Waals surface area contributed by atoms with Crippen molar-refractivity contribution in [2.45, 2.75) is 56.9 Å². The van der Waals surface area contributed by atoms with Gasteiger partial charge in [0.05, 0.1) is 17.8 Å². The number of sulfonamides is 1. The lowest BCUT2D eigenvalue weighted by Gasteiger charge is -1.98. The molecule has 0 saturated heterocycles. The summed E-state index contributed by atoms with van der Waals surface area (Å²) < 4.78 is 23.8. The van der Waals surface area contributed by atoms with Crippen LogP contribution in [0, 0.1) is 10.1 Å². The molecule has 0 aliphatic heterocycles. The second kappa shape index (κ2) is 7.34. The predicted octanol–water partition coefficient (Wildman–Crippen LogP) is 1.80. The molecule has 0 aliphatic carbocycles. The normalized spacial score (nSPS) is 11.7. The fourth-order valence-corrected chi connectivity index (χ4v) is 2.53. The van der Waals surface area contributed by atoms with Gasteiger partial charge in [-0.15, -0.1) is 0 Å². The number of primary sulfonamides is 1. The molecule has 0 saturated carbocycles. The number of hydrogen-bond donors (Lipinski definition) is 1. The summed E-state index contributed by atoms with van der Waals surface area (Å²) in [6.45, 7) is 2.58. The Hall–Kier alpha value is -1.48. The minimum atomic E-state index is -4.13. The second-order valence-corrected chi connectivity index (χ2v) is 6.18. The Morgan fingerprint density at radius 2 is 1.90 bits per heavy atom. The van der Waals surface area contributed by atoms with Crippen molar-refractivity contribution in [2.75, 3.05) is 0 Å². The molecule has 0 radical (unpaired) electrons. The molecule has 2 N–H and O–H groups in total. The maximum Gasteiger partial charge on any atom is 0.410 e. The molecule has 0 atom stereocenters. The van der Waals surface area contributed by atoms with E-state index in [9.17, 15) is 18.5 Å². The summed E-state index contributed by atoms with van der Waals surface area (Å²) in [6, 6.07) is 0. The molecule has 9 heteroatoms. The van der Waals surface area contributed by atoms with E-state index >= 15 is 0 Å². The van der Waals surface area contributed by atoms with Crippen molar-refractivity contribution in [3.05, 3.63) is 16.3 Å². The first kappa shape index (κ1) is 16.6. The van der Waals surface area contributed by atoms with Gasteiger partial charge in [-0.2, -0.15) is 4.68 Å². The van der Waals surface area contributed by atoms with Crippen LogP contribution >= 0.6 is 0 Å². The number of nitrogens with two attached hydrogens (primary N) is 1. The van der Waals surface area contributed by atoms with E-state index in [0.29, 0.717) is 6.54 Å². The van der Waals surface area contributed by atoms with Crippen LogP contribution in [0.15, 0.2) is 11.1 Å². The highest BCUT2D eigenvalue weighted by Crippen LogP contribution is 2.20. The lowest BCUT2D eigenvalue weighted by atomic mass is 10.1. The van der Waals surface area contributed by atoms with Crippen LogP contribution in [0.5, 0.6) is 0 Å². The molecule has 0 bridgehead atoms. The van der Waals surface area contributed by atoms with Crippen LogP contribution in [0.1, 0.15) is 45.4 Å². The number of nitro groups is 1. The summed E-state index contributed by atoms with van der Waals surface area (Å²) in [5, 5.41) is 19.3. The van der Waals surface area contributed by atoms with E-state index in [1.807, 2.05) is 0 Å². The molecule has 0 spiro atoms. The SMILES string of the molecule is CCCCCCCCn1cc(S(N)(=O)=O)c([N+](=O)[O-])n1. The molecular weight excluding hydrogens is 284 g/mol. The van der Waals surface area contributed by atoms with Crippen molar-refractivity contribution in [3.63, 3.8) is 0 Å². The van der Waals surface area contributed by atoms with E-state index in [-0.39, 0.29) is 0 Å². The third kappa shape index (κ3) is 4.89. The lowest BCUT2D eigenvalue weighted by molar-refractivity contribution is -0.392. The summed E-state index contributed by atoms with van der Waals surface area (Å²) in [5.74, 6) is -0.710. The topological polar surface area (TPSA) is 121 Å². The van der Waals surface area contributed by atoms with Crippen LogP contribution < -0.4 is 5.14 Å². The van der Waals surface area contributed by atoms with Gasteiger partial charge in [0.2, 0.25) is 14.9 Å². The summed E-state index contributed by atoms with van der Waals surface area (Å²) in [7, 11) is -4.13. The fourth-order valence-electron chi connectivity index (χ4n) is 1.89. The van der Waals surface area contributed by atoms with Gasteiger partial charge in [-0.3, -0.25) is 0 Å². The molecule has 0 aromatic carbocycles. The molecule has 1 aromatic heterocycles. The number of aryl methyl sites for hydroxylation is 1. The van der Waals surface area contributed by atoms with Crippen molar-refractivity contribution in [2.24, 2.45) is 5.14 Å². The van der Waals surface area contributed by atoms with Crippen molar-refractivity contribution >= 4 is 15.8 Å². The van der Waals surface area contributed by atoms with Crippen LogP contribution in [0.4, 0.5) is 5.82 Å². The quantitative estimate of drug-likeness (QED) is 0.423. The Balaban J connectivity index is 2.62. The van der Waals surface area contributed by atoms with Crippen LogP contribution in [-0.2, 0) is 16.6 Å². The highest BCUT2D eigenvalue weighted by Gasteiger charge is 2.28. The Bertz CT molecular complexity index is 553. The molecule has 1 aromatic rings. The first-order valence-corrected chi connectivity index (χ1v) is 8.15. The molecule has 0 fully saturated rings. The van der Waals surface area contributed by atoms with E-state index in [2.05, 4.69) is 12.0 Å². The zero-order valence-electron chi connectivity index (χ0n) is 11.5. The average molecular weight is 304 g/mol. The number of rotatable bonds is 9. The highest BCUT2D eigenvalue weighted by atomic mass is 32.2. The Kier molecular flexibility index (Phi) is 6.08. The lowest BCUT2D eigenvalue weighted by Crippen LogP contribution is -2.13. The molecule has 0 amide bonds. The van der Waals surface area contributed by atoms with E-state index < -0.39 is 25.7 Å². The summed E-state index contributed by atoms with van der Waals surface area (Å²) in [4.78, 5) is 9.37. The van der Waals surface area contributed by atoms with Crippen molar-refractivity contribution in [1.29, 1.82) is 0 Å². The van der Waals surface area contributed by atoms with Gasteiger partial charge < -0.3 is 10.1 Å². The summed E-state index contributed by atoms with van der Waals surface area (Å²) in [5.41, 5.74) is 0. The van der Waals surface area contributed by atoms with Gasteiger partial charge in [0.15, 0.2) is 0 Å². The van der Waals surface area contributed by atoms with Crippen molar-refractivity contribution < 1.29 is 13.3 Å². The van der Waals surface area contributed by atoms with Crippen LogP contribution in [0.2, 0.25) is 0 Å². The highest BCUT2D eigenvalue weighted by molar-refractivity contribution is 7.89. The number of unbranched alkanes of at least 4 members (excludes halogenated alkanes) is 5. The standard InChI is InChI=1S/C11H20N4O4S/c1-2-3-4-5-6-7-8-14-9-10(20(12,18)19)11(13-14)15(16)17/h9H,2-8H2,1H3,(H2,12,18,19). The van der Waals surface area contributed by atoms with E-state index in [1.54, 1.807) is 0 Å². The Morgan fingerprint density at radius 1 is 1.30 bits per heavy atom. The zero-order chi connectivity index (χ0) is 15.2. The van der Waals surface area contributed by atoms with Crippen molar-refractivity contribution in [1.82, 2.24) is 9.78 Å². The van der Waals surface area contributed by atoms with Crippen molar-refractivity contribution in [3.8, 4) is 0 Å². The average Bonchev–Trinajstić information content (AvgIpc) is 2.78. The van der Waals surface area contributed by atoms with Gasteiger partial charge in [-0.05, 0) is 11.3 Å². The van der Waals surface area contributed by atoms with Gasteiger partial charge in [0, 0.05) is 0 Å². The third-order valence-corrected chi connectivity index (χ3v) is 3.83. The molecule has 8 nitrogen and oxygen atoms in total. The first-order chi connectivity index (χ1) is 9.36. The predicted molar refractivity (Wildman–Crippen MR) is 73.6 cm³/mol. The molecule has 1 heterocycles. The smallest absolute Gasteiger partial charge is 0.358 e. The Morgan fingerprint density at radius 3 is 2.40 bits per heavy atom. The number of hydrogen-bond acceptors (Lipinski definition) is 5. The monoisotopic (exact) mass is 304 g/mol. The Labute approximate surface area is 118 Å². The van der Waals surface area contributed by atoms with Gasteiger partial charge in [-0.25, -0.2) is 13.6 Å². The minimum absolute atomic E-state index is 0.447. The van der Waals surface area contributed by atoms with Crippen LogP contribution in [0.3, 0.4) is 0 Å². The third-order valence-electron chi connectivity index (χ3n) is 2.93. The number of aromatic nitrogens is 2. The molecule has 114 valence electrons. The van der Waals surface area contributed by atoms with E-state index in [4.69, 9.17) is 5.14 Å². The van der Waals surface area contributed by atoms with E-state index in [0.717, 1.165) is 31.9 Å². The molecule has 1 rings (SSSR count). The maximum atomic E-state index is 11.2. The zero-order valence-corrected chi connectivity index (χ0v) is 12.3. The summed E-state index contributed by atoms with van der Waals surface area (Å²) >= 11 is 0. The van der Waals surface area contributed by atoms with Crippen LogP contribution in [-0.4, -0.2) is 23.1 Å². The fraction of sp³-hybridized carbons (Fsp3) is 0.727. The van der Waals surface area contributed by atoms with E-state index in [1.165, 1.54) is 17.5 Å². The van der Waals surface area contributed by atoms with Gasteiger partial charge >= 0.3 is 5.82 Å². The first-order valence-electron chi connectivity index (χ1n) is 6.61. The molecule has 0 unspecified atom stereocenters. The van der Waals surface area contributed by atoms with Gasteiger partial charge in [0.1, 0.15) is 0 Å². The minimum Gasteiger partial charge on any atom is -0.358 e. The van der Waals surface area contributed by atoms with Gasteiger partial charge in [-0.1, -0.05) is 39.0 Å². The maximum absolute atomic E-state index is 11.2. The summed E-state index contributed by atoms with van der Waals surface area (Å²) in [6.07, 6.45) is 7.54. The molecule has 20 heavy (non-hydrogen) atoms.